The van der Waals surface area contributed by atoms with E-state index in [9.17, 15) is 13.2 Å². The van der Waals surface area contributed by atoms with E-state index in [-0.39, 0.29) is 19.8 Å². The van der Waals surface area contributed by atoms with Gasteiger partial charge in [-0.05, 0) is 6.07 Å². The van der Waals surface area contributed by atoms with Crippen LogP contribution in [-0.4, -0.2) is 48.4 Å². The zero-order chi connectivity index (χ0) is 15.7. The van der Waals surface area contributed by atoms with E-state index in [4.69, 9.17) is 21.4 Å². The van der Waals surface area contributed by atoms with Crippen molar-refractivity contribution in [2.45, 2.75) is 17.7 Å². The summed E-state index contributed by atoms with van der Waals surface area (Å²) in [6.07, 6.45) is -2.76. The van der Waals surface area contributed by atoms with E-state index >= 15 is 0 Å². The fraction of sp³-hybridized carbons (Fsp3) is 0.583. The normalized spacial score (nSPS) is 11.9. The number of aliphatic hydroxyl groups excluding tert-OH is 1. The van der Waals surface area contributed by atoms with Gasteiger partial charge in [0.1, 0.15) is 6.61 Å². The van der Waals surface area contributed by atoms with E-state index in [0.717, 1.165) is 4.90 Å². The van der Waals surface area contributed by atoms with E-state index in [1.807, 2.05) is 0 Å². The molecule has 0 spiro atoms. The summed E-state index contributed by atoms with van der Waals surface area (Å²) < 4.78 is 44.8. The fourth-order valence-electron chi connectivity index (χ4n) is 1.31. The number of thioether (sulfide) groups is 1. The number of rotatable bonds is 9. The summed E-state index contributed by atoms with van der Waals surface area (Å²) in [6, 6.07) is 1.72. The molecule has 1 aromatic heterocycles. The van der Waals surface area contributed by atoms with Crippen LogP contribution in [-0.2, 0) is 16.1 Å². The Bertz CT molecular complexity index is 435. The predicted molar refractivity (Wildman–Crippen MR) is 73.6 cm³/mol. The lowest BCUT2D eigenvalue weighted by Crippen LogP contribution is -2.19. The molecule has 4 nitrogen and oxygen atoms in total. The second kappa shape index (κ2) is 9.47. The summed E-state index contributed by atoms with van der Waals surface area (Å²) in [5.74, 6) is 0.577. The van der Waals surface area contributed by atoms with Crippen LogP contribution in [0.25, 0.3) is 0 Å². The van der Waals surface area contributed by atoms with Crippen molar-refractivity contribution in [1.82, 2.24) is 4.98 Å². The van der Waals surface area contributed by atoms with Crippen LogP contribution in [0, 0.1) is 0 Å². The molecule has 0 radical (unpaired) electrons. The first-order valence-corrected chi connectivity index (χ1v) is 7.39. The van der Waals surface area contributed by atoms with Gasteiger partial charge >= 0.3 is 6.18 Å². The van der Waals surface area contributed by atoms with Gasteiger partial charge in [-0.2, -0.15) is 13.2 Å². The Kier molecular flexibility index (Phi) is 8.35. The van der Waals surface area contributed by atoms with Crippen LogP contribution in [0.15, 0.2) is 17.2 Å². The molecule has 21 heavy (non-hydrogen) atoms. The molecule has 1 heterocycles. The van der Waals surface area contributed by atoms with Gasteiger partial charge in [0.05, 0.1) is 37.1 Å². The molecule has 0 amide bonds. The number of ether oxygens (including phenoxy) is 2. The van der Waals surface area contributed by atoms with Crippen LogP contribution in [0.4, 0.5) is 13.2 Å². The van der Waals surface area contributed by atoms with E-state index in [0.29, 0.717) is 23.1 Å². The number of halogens is 4. The Morgan fingerprint density at radius 3 is 2.62 bits per heavy atom. The molecule has 0 bridgehead atoms. The lowest BCUT2D eigenvalue weighted by atomic mass is 10.4. The highest BCUT2D eigenvalue weighted by atomic mass is 35.5. The Labute approximate surface area is 129 Å². The number of nitrogens with zero attached hydrogens (tertiary/aromatic N) is 1. The van der Waals surface area contributed by atoms with Crippen molar-refractivity contribution < 1.29 is 27.8 Å². The second-order valence-electron chi connectivity index (χ2n) is 3.86. The van der Waals surface area contributed by atoms with Crippen LogP contribution >= 0.6 is 23.4 Å². The summed E-state index contributed by atoms with van der Waals surface area (Å²) in [6.45, 7) is -1.15. The molecule has 120 valence electrons. The Hall–Kier alpha value is -0.540. The van der Waals surface area contributed by atoms with Crippen molar-refractivity contribution >= 4 is 23.4 Å². The minimum Gasteiger partial charge on any atom is -0.390 e. The SMILES string of the molecule is OCc1nccc(SCCOCCOCC(F)(F)F)c1Cl. The van der Waals surface area contributed by atoms with Crippen molar-refractivity contribution in [3.63, 3.8) is 0 Å². The third-order valence-corrected chi connectivity index (χ3v) is 3.75. The molecular formula is C12H15ClF3NO3S. The molecule has 1 aromatic rings. The van der Waals surface area contributed by atoms with Crippen LogP contribution in [0.3, 0.4) is 0 Å². The summed E-state index contributed by atoms with van der Waals surface area (Å²) in [5.41, 5.74) is 0.406. The average Bonchev–Trinajstić information content (AvgIpc) is 2.42. The molecule has 0 aliphatic carbocycles. The van der Waals surface area contributed by atoms with Gasteiger partial charge in [-0.25, -0.2) is 0 Å². The predicted octanol–water partition coefficient (Wildman–Crippen LogP) is 2.91. The van der Waals surface area contributed by atoms with Gasteiger partial charge < -0.3 is 14.6 Å². The quantitative estimate of drug-likeness (QED) is 0.551. The minimum absolute atomic E-state index is 0.0998. The molecular weight excluding hydrogens is 331 g/mol. The number of alkyl halides is 3. The number of hydrogen-bond donors (Lipinski definition) is 1. The number of aromatic nitrogens is 1. The average molecular weight is 346 g/mol. The van der Waals surface area contributed by atoms with E-state index in [1.54, 1.807) is 12.3 Å². The van der Waals surface area contributed by atoms with Crippen molar-refractivity contribution in [1.29, 1.82) is 0 Å². The first kappa shape index (κ1) is 18.5. The van der Waals surface area contributed by atoms with Crippen molar-refractivity contribution in [2.24, 2.45) is 0 Å². The van der Waals surface area contributed by atoms with Crippen LogP contribution in [0.2, 0.25) is 5.02 Å². The fourth-order valence-corrected chi connectivity index (χ4v) is 2.46. The largest absolute Gasteiger partial charge is 0.411 e. The lowest BCUT2D eigenvalue weighted by molar-refractivity contribution is -0.176. The van der Waals surface area contributed by atoms with Crippen LogP contribution in [0.5, 0.6) is 0 Å². The molecule has 0 fully saturated rings. The van der Waals surface area contributed by atoms with E-state index < -0.39 is 12.8 Å². The molecule has 0 unspecified atom stereocenters. The molecule has 0 saturated heterocycles. The highest BCUT2D eigenvalue weighted by molar-refractivity contribution is 7.99. The number of aliphatic hydroxyl groups is 1. The smallest absolute Gasteiger partial charge is 0.390 e. The maximum Gasteiger partial charge on any atom is 0.411 e. The van der Waals surface area contributed by atoms with Gasteiger partial charge in [0.15, 0.2) is 0 Å². The van der Waals surface area contributed by atoms with Gasteiger partial charge in [-0.15, -0.1) is 11.8 Å². The highest BCUT2D eigenvalue weighted by Gasteiger charge is 2.27. The highest BCUT2D eigenvalue weighted by Crippen LogP contribution is 2.28. The third-order valence-electron chi connectivity index (χ3n) is 2.20. The monoisotopic (exact) mass is 345 g/mol. The molecule has 0 aliphatic rings. The van der Waals surface area contributed by atoms with Crippen molar-refractivity contribution in [3.05, 3.63) is 23.0 Å². The first-order chi connectivity index (χ1) is 9.94. The van der Waals surface area contributed by atoms with Gasteiger partial charge in [0, 0.05) is 16.8 Å². The van der Waals surface area contributed by atoms with Gasteiger partial charge in [-0.1, -0.05) is 11.6 Å². The molecule has 0 aliphatic heterocycles. The van der Waals surface area contributed by atoms with E-state index in [1.165, 1.54) is 11.8 Å². The maximum atomic E-state index is 11.8. The van der Waals surface area contributed by atoms with Crippen LogP contribution < -0.4 is 0 Å². The topological polar surface area (TPSA) is 51.6 Å². The number of hydrogen-bond acceptors (Lipinski definition) is 5. The summed E-state index contributed by atoms with van der Waals surface area (Å²) in [7, 11) is 0. The molecule has 9 heteroatoms. The Morgan fingerprint density at radius 2 is 1.95 bits per heavy atom. The van der Waals surface area contributed by atoms with Crippen molar-refractivity contribution in [3.8, 4) is 0 Å². The van der Waals surface area contributed by atoms with Gasteiger partial charge in [0.25, 0.3) is 0 Å². The first-order valence-electron chi connectivity index (χ1n) is 6.03. The summed E-state index contributed by atoms with van der Waals surface area (Å²) in [4.78, 5) is 4.69. The number of pyridine rings is 1. The molecule has 0 aromatic carbocycles. The van der Waals surface area contributed by atoms with Gasteiger partial charge in [-0.3, -0.25) is 4.98 Å². The zero-order valence-electron chi connectivity index (χ0n) is 11.0. The lowest BCUT2D eigenvalue weighted by Gasteiger charge is -2.09. The third kappa shape index (κ3) is 7.87. The summed E-state index contributed by atoms with van der Waals surface area (Å²) in [5, 5.41) is 9.42. The van der Waals surface area contributed by atoms with Crippen LogP contribution in [0.1, 0.15) is 5.69 Å². The van der Waals surface area contributed by atoms with Crippen molar-refractivity contribution in [2.75, 3.05) is 32.2 Å². The Balaban J connectivity index is 2.12. The van der Waals surface area contributed by atoms with Gasteiger partial charge in [0.2, 0.25) is 0 Å². The Morgan fingerprint density at radius 1 is 1.24 bits per heavy atom. The molecule has 1 rings (SSSR count). The zero-order valence-corrected chi connectivity index (χ0v) is 12.6. The van der Waals surface area contributed by atoms with E-state index in [2.05, 4.69) is 9.72 Å². The molecule has 0 atom stereocenters. The second-order valence-corrected chi connectivity index (χ2v) is 5.37. The standard InChI is InChI=1S/C12H15ClF3NO3S/c13-11-9(7-18)17-2-1-10(11)21-6-5-19-3-4-20-8-12(14,15)16/h1-2,18H,3-8H2. The molecule has 0 saturated carbocycles. The molecule has 1 N–H and O–H groups in total. The minimum atomic E-state index is -4.31. The maximum absolute atomic E-state index is 11.8. The summed E-state index contributed by atoms with van der Waals surface area (Å²) >= 11 is 7.44.